The monoisotopic (exact) mass is 301 g/mol. The number of ether oxygens (including phenoxy) is 1. The minimum absolute atomic E-state index is 0.123. The molecule has 1 aliphatic heterocycles. The molecule has 3 rings (SSSR count). The molecule has 0 aliphatic carbocycles. The van der Waals surface area contributed by atoms with Crippen molar-refractivity contribution in [2.45, 2.75) is 37.8 Å². The molecule has 118 valence electrons. The van der Waals surface area contributed by atoms with Gasteiger partial charge in [0.2, 0.25) is 5.91 Å². The highest BCUT2D eigenvalue weighted by molar-refractivity contribution is 5.86. The predicted octanol–water partition coefficient (Wildman–Crippen LogP) is 1.72. The summed E-state index contributed by atoms with van der Waals surface area (Å²) in [7, 11) is 0. The van der Waals surface area contributed by atoms with Gasteiger partial charge >= 0.3 is 0 Å². The van der Waals surface area contributed by atoms with E-state index in [1.165, 1.54) is 0 Å². The van der Waals surface area contributed by atoms with Crippen molar-refractivity contribution in [1.82, 2.24) is 10.3 Å². The van der Waals surface area contributed by atoms with Crippen LogP contribution >= 0.6 is 0 Å². The predicted molar refractivity (Wildman–Crippen MR) is 86.6 cm³/mol. The van der Waals surface area contributed by atoms with Gasteiger partial charge in [0, 0.05) is 30.3 Å². The van der Waals surface area contributed by atoms with Crippen molar-refractivity contribution in [3.63, 3.8) is 0 Å². The van der Waals surface area contributed by atoms with Crippen LogP contribution in [0.25, 0.3) is 10.9 Å². The molecule has 0 saturated carbocycles. The summed E-state index contributed by atoms with van der Waals surface area (Å²) in [5.41, 5.74) is 7.96. The summed E-state index contributed by atoms with van der Waals surface area (Å²) in [6, 6.07) is 7.48. The zero-order chi connectivity index (χ0) is 15.6. The van der Waals surface area contributed by atoms with Crippen molar-refractivity contribution < 1.29 is 9.53 Å². The van der Waals surface area contributed by atoms with Crippen LogP contribution in [-0.2, 0) is 16.0 Å². The normalized spacial score (nSPS) is 22.8. The maximum absolute atomic E-state index is 12.2. The number of aromatic nitrogens is 1. The first-order chi connectivity index (χ1) is 10.6. The fourth-order valence-corrected chi connectivity index (χ4v) is 3.01. The van der Waals surface area contributed by atoms with Crippen molar-refractivity contribution in [1.29, 1.82) is 0 Å². The van der Waals surface area contributed by atoms with Crippen LogP contribution < -0.4 is 11.1 Å². The summed E-state index contributed by atoms with van der Waals surface area (Å²) in [5.74, 6) is -0.123. The lowest BCUT2D eigenvalue weighted by Crippen LogP contribution is -2.47. The lowest BCUT2D eigenvalue weighted by Gasteiger charge is -2.24. The van der Waals surface area contributed by atoms with Gasteiger partial charge < -0.3 is 20.8 Å². The number of hydrogen-bond acceptors (Lipinski definition) is 3. The molecule has 1 aliphatic rings. The zero-order valence-electron chi connectivity index (χ0n) is 12.9. The second kappa shape index (κ2) is 6.10. The molecule has 1 fully saturated rings. The van der Waals surface area contributed by atoms with Crippen molar-refractivity contribution in [3.8, 4) is 0 Å². The third-order valence-electron chi connectivity index (χ3n) is 4.39. The molecule has 5 nitrogen and oxygen atoms in total. The van der Waals surface area contributed by atoms with Crippen LogP contribution in [-0.4, -0.2) is 35.7 Å². The molecular formula is C17H23N3O2. The molecule has 1 saturated heterocycles. The Hall–Kier alpha value is -1.85. The Labute approximate surface area is 130 Å². The average Bonchev–Trinajstić information content (AvgIpc) is 3.13. The Kier molecular flexibility index (Phi) is 4.18. The molecule has 1 aromatic heterocycles. The Bertz CT molecular complexity index is 659. The molecule has 5 heteroatoms. The standard InChI is InChI=1S/C17H23N3O2/c1-17(7-4-8-22-17)11-20-16(21)14(18)9-12-10-19-15-6-3-2-5-13(12)15/h2-3,5-6,10,14,19H,4,7-9,11,18H2,1H3,(H,20,21)/t14-,17?/m0/s1. The molecule has 2 atom stereocenters. The van der Waals surface area contributed by atoms with E-state index in [-0.39, 0.29) is 11.5 Å². The van der Waals surface area contributed by atoms with Gasteiger partial charge in [-0.2, -0.15) is 0 Å². The molecule has 1 amide bonds. The van der Waals surface area contributed by atoms with Crippen LogP contribution in [0.15, 0.2) is 30.5 Å². The number of H-pyrrole nitrogens is 1. The summed E-state index contributed by atoms with van der Waals surface area (Å²) in [6.07, 6.45) is 4.48. The van der Waals surface area contributed by atoms with Crippen LogP contribution in [0.2, 0.25) is 0 Å². The third kappa shape index (κ3) is 3.15. The zero-order valence-corrected chi connectivity index (χ0v) is 12.9. The summed E-state index contributed by atoms with van der Waals surface area (Å²) in [5, 5.41) is 4.05. The lowest BCUT2D eigenvalue weighted by atomic mass is 10.0. The van der Waals surface area contributed by atoms with Gasteiger partial charge in [-0.15, -0.1) is 0 Å². The van der Waals surface area contributed by atoms with E-state index in [9.17, 15) is 4.79 Å². The van der Waals surface area contributed by atoms with Gasteiger partial charge in [0.15, 0.2) is 0 Å². The van der Waals surface area contributed by atoms with Gasteiger partial charge in [-0.1, -0.05) is 18.2 Å². The number of rotatable bonds is 5. The fraction of sp³-hybridized carbons (Fsp3) is 0.471. The molecule has 0 spiro atoms. The molecule has 1 unspecified atom stereocenters. The van der Waals surface area contributed by atoms with E-state index in [4.69, 9.17) is 10.5 Å². The minimum atomic E-state index is -0.552. The Morgan fingerprint density at radius 2 is 2.32 bits per heavy atom. The van der Waals surface area contributed by atoms with Crippen LogP contribution in [0, 0.1) is 0 Å². The van der Waals surface area contributed by atoms with Gasteiger partial charge in [-0.25, -0.2) is 0 Å². The van der Waals surface area contributed by atoms with Crippen molar-refractivity contribution >= 4 is 16.8 Å². The maximum Gasteiger partial charge on any atom is 0.237 e. The second-order valence-electron chi connectivity index (χ2n) is 6.29. The third-order valence-corrected chi connectivity index (χ3v) is 4.39. The molecular weight excluding hydrogens is 278 g/mol. The van der Waals surface area contributed by atoms with Gasteiger partial charge in [-0.05, 0) is 37.8 Å². The average molecular weight is 301 g/mol. The van der Waals surface area contributed by atoms with Gasteiger partial charge in [0.1, 0.15) is 0 Å². The number of nitrogens with one attached hydrogen (secondary N) is 2. The Morgan fingerprint density at radius 1 is 1.50 bits per heavy atom. The first-order valence-corrected chi connectivity index (χ1v) is 7.80. The SMILES string of the molecule is CC1(CNC(=O)[C@@H](N)Cc2c[nH]c3ccccc23)CCCO1. The molecule has 1 aromatic carbocycles. The summed E-state index contributed by atoms with van der Waals surface area (Å²) in [4.78, 5) is 15.4. The first kappa shape index (κ1) is 15.1. The molecule has 2 heterocycles. The van der Waals surface area contributed by atoms with E-state index in [1.54, 1.807) is 0 Å². The summed E-state index contributed by atoms with van der Waals surface area (Å²) in [6.45, 7) is 3.33. The number of fused-ring (bicyclic) bond motifs is 1. The van der Waals surface area contributed by atoms with Crippen LogP contribution in [0.3, 0.4) is 0 Å². The van der Waals surface area contributed by atoms with Crippen molar-refractivity contribution in [2.75, 3.05) is 13.2 Å². The van der Waals surface area contributed by atoms with E-state index >= 15 is 0 Å². The van der Waals surface area contributed by atoms with Gasteiger partial charge in [0.05, 0.1) is 11.6 Å². The number of nitrogens with two attached hydrogens (primary N) is 1. The Balaban J connectivity index is 1.59. The quantitative estimate of drug-likeness (QED) is 0.786. The number of carbonyl (C=O) groups excluding carboxylic acids is 1. The van der Waals surface area contributed by atoms with Crippen LogP contribution in [0.1, 0.15) is 25.3 Å². The van der Waals surface area contributed by atoms with Gasteiger partial charge in [0.25, 0.3) is 0 Å². The maximum atomic E-state index is 12.2. The van der Waals surface area contributed by atoms with E-state index in [1.807, 2.05) is 37.4 Å². The van der Waals surface area contributed by atoms with Crippen LogP contribution in [0.5, 0.6) is 0 Å². The number of benzene rings is 1. The highest BCUT2D eigenvalue weighted by Gasteiger charge is 2.30. The highest BCUT2D eigenvalue weighted by Crippen LogP contribution is 2.24. The summed E-state index contributed by atoms with van der Waals surface area (Å²) < 4.78 is 5.67. The van der Waals surface area contributed by atoms with Gasteiger partial charge in [-0.3, -0.25) is 4.79 Å². The summed E-state index contributed by atoms with van der Waals surface area (Å²) >= 11 is 0. The largest absolute Gasteiger partial charge is 0.373 e. The van der Waals surface area contributed by atoms with Crippen LogP contribution in [0.4, 0.5) is 0 Å². The number of hydrogen-bond donors (Lipinski definition) is 3. The minimum Gasteiger partial charge on any atom is -0.373 e. The number of amides is 1. The number of carbonyl (C=O) groups is 1. The molecule has 0 bridgehead atoms. The second-order valence-corrected chi connectivity index (χ2v) is 6.29. The topological polar surface area (TPSA) is 80.1 Å². The lowest BCUT2D eigenvalue weighted by molar-refractivity contribution is -0.123. The molecule has 4 N–H and O–H groups in total. The Morgan fingerprint density at radius 3 is 3.09 bits per heavy atom. The number of para-hydroxylation sites is 1. The van der Waals surface area contributed by atoms with E-state index in [0.29, 0.717) is 13.0 Å². The fourth-order valence-electron chi connectivity index (χ4n) is 3.01. The molecule has 0 radical (unpaired) electrons. The van der Waals surface area contributed by atoms with E-state index in [0.717, 1.165) is 35.9 Å². The van der Waals surface area contributed by atoms with Crippen molar-refractivity contribution in [3.05, 3.63) is 36.0 Å². The molecule has 2 aromatic rings. The van der Waals surface area contributed by atoms with E-state index in [2.05, 4.69) is 10.3 Å². The van der Waals surface area contributed by atoms with E-state index < -0.39 is 6.04 Å². The van der Waals surface area contributed by atoms with Crippen molar-refractivity contribution in [2.24, 2.45) is 5.73 Å². The smallest absolute Gasteiger partial charge is 0.237 e. The number of aromatic amines is 1. The first-order valence-electron chi connectivity index (χ1n) is 7.80. The highest BCUT2D eigenvalue weighted by atomic mass is 16.5. The molecule has 22 heavy (non-hydrogen) atoms.